The fraction of sp³-hybridized carbons (Fsp3) is 1.00. The number of nitrogens with two attached hydrogens (primary N) is 1. The van der Waals surface area contributed by atoms with E-state index in [9.17, 15) is 0 Å². The van der Waals surface area contributed by atoms with Gasteiger partial charge >= 0.3 is 0 Å². The molecule has 62 valence electrons. The van der Waals surface area contributed by atoms with E-state index < -0.39 is 0 Å². The van der Waals surface area contributed by atoms with Gasteiger partial charge in [-0.15, -0.1) is 0 Å². The van der Waals surface area contributed by atoms with Crippen LogP contribution in [0.15, 0.2) is 0 Å². The average molecular weight is 163 g/mol. The molecule has 2 atom stereocenters. The van der Waals surface area contributed by atoms with Crippen molar-refractivity contribution in [2.75, 3.05) is 25.7 Å². The van der Waals surface area contributed by atoms with E-state index >= 15 is 0 Å². The lowest BCUT2D eigenvalue weighted by Gasteiger charge is -2.17. The van der Waals surface area contributed by atoms with E-state index in [1.807, 2.05) is 11.8 Å². The van der Waals surface area contributed by atoms with Crippen LogP contribution in [0, 0.1) is 5.92 Å². The molecule has 0 fully saturated rings. The zero-order chi connectivity index (χ0) is 7.98. The first-order chi connectivity index (χ1) is 4.72. The lowest BCUT2D eigenvalue weighted by atomic mass is 10.1. The van der Waals surface area contributed by atoms with Gasteiger partial charge in [-0.25, -0.2) is 0 Å². The Morgan fingerprint density at radius 2 is 2.20 bits per heavy atom. The number of ether oxygens (including phenoxy) is 1. The summed E-state index contributed by atoms with van der Waals surface area (Å²) in [6.07, 6.45) is 2.09. The van der Waals surface area contributed by atoms with Crippen LogP contribution in [-0.4, -0.2) is 31.8 Å². The molecule has 0 bridgehead atoms. The third kappa shape index (κ3) is 4.14. The Bertz CT molecular complexity index is 70.0. The van der Waals surface area contributed by atoms with Crippen molar-refractivity contribution in [3.8, 4) is 0 Å². The molecular formula is C7H17NOS. The van der Waals surface area contributed by atoms with E-state index in [-0.39, 0.29) is 6.04 Å². The van der Waals surface area contributed by atoms with Crippen LogP contribution in [0.5, 0.6) is 0 Å². The number of hydrogen-bond donors (Lipinski definition) is 1. The Morgan fingerprint density at radius 1 is 1.60 bits per heavy atom. The van der Waals surface area contributed by atoms with Crippen molar-refractivity contribution in [1.29, 1.82) is 0 Å². The second-order valence-corrected chi connectivity index (χ2v) is 3.46. The highest BCUT2D eigenvalue weighted by Crippen LogP contribution is 2.07. The van der Waals surface area contributed by atoms with E-state index in [0.29, 0.717) is 12.5 Å². The van der Waals surface area contributed by atoms with Crippen LogP contribution < -0.4 is 5.73 Å². The van der Waals surface area contributed by atoms with Crippen LogP contribution in [0.4, 0.5) is 0 Å². The topological polar surface area (TPSA) is 35.2 Å². The molecule has 10 heavy (non-hydrogen) atoms. The van der Waals surface area contributed by atoms with Gasteiger partial charge in [0.25, 0.3) is 0 Å². The Hall–Kier alpha value is 0.270. The molecule has 0 saturated carbocycles. The monoisotopic (exact) mass is 163 g/mol. The molecule has 0 aliphatic heterocycles. The molecule has 2 nitrogen and oxygen atoms in total. The van der Waals surface area contributed by atoms with Gasteiger partial charge in [-0.05, 0) is 17.9 Å². The Balaban J connectivity index is 3.38. The molecule has 0 rings (SSSR count). The minimum Gasteiger partial charge on any atom is -0.383 e. The van der Waals surface area contributed by atoms with Gasteiger partial charge in [-0.1, -0.05) is 6.92 Å². The van der Waals surface area contributed by atoms with Crippen molar-refractivity contribution in [3.05, 3.63) is 0 Å². The fourth-order valence-electron chi connectivity index (χ4n) is 0.743. The van der Waals surface area contributed by atoms with Gasteiger partial charge in [0.1, 0.15) is 0 Å². The Morgan fingerprint density at radius 3 is 2.60 bits per heavy atom. The maximum Gasteiger partial charge on any atom is 0.0616 e. The van der Waals surface area contributed by atoms with Gasteiger partial charge < -0.3 is 10.5 Å². The van der Waals surface area contributed by atoms with Crippen LogP contribution in [0.2, 0.25) is 0 Å². The molecule has 0 heterocycles. The van der Waals surface area contributed by atoms with Crippen molar-refractivity contribution in [3.63, 3.8) is 0 Å². The van der Waals surface area contributed by atoms with Crippen molar-refractivity contribution in [2.24, 2.45) is 11.7 Å². The summed E-state index contributed by atoms with van der Waals surface area (Å²) in [4.78, 5) is 0. The molecule has 0 aromatic rings. The van der Waals surface area contributed by atoms with Crippen molar-refractivity contribution in [1.82, 2.24) is 0 Å². The first-order valence-electron chi connectivity index (χ1n) is 3.45. The highest BCUT2D eigenvalue weighted by molar-refractivity contribution is 7.98. The molecule has 2 N–H and O–H groups in total. The van der Waals surface area contributed by atoms with Gasteiger partial charge in [0.05, 0.1) is 6.61 Å². The Labute approximate surface area is 67.5 Å². The normalized spacial score (nSPS) is 16.8. The van der Waals surface area contributed by atoms with E-state index in [1.54, 1.807) is 7.11 Å². The first-order valence-corrected chi connectivity index (χ1v) is 4.85. The zero-order valence-corrected chi connectivity index (χ0v) is 7.78. The zero-order valence-electron chi connectivity index (χ0n) is 6.96. The molecular weight excluding hydrogens is 146 g/mol. The lowest BCUT2D eigenvalue weighted by Crippen LogP contribution is -2.33. The summed E-state index contributed by atoms with van der Waals surface area (Å²) < 4.78 is 4.94. The average Bonchev–Trinajstić information content (AvgIpc) is 1.89. The second kappa shape index (κ2) is 6.01. The van der Waals surface area contributed by atoms with Crippen LogP contribution in [0.25, 0.3) is 0 Å². The number of rotatable bonds is 5. The van der Waals surface area contributed by atoms with Crippen LogP contribution in [-0.2, 0) is 4.74 Å². The Kier molecular flexibility index (Phi) is 6.17. The minimum absolute atomic E-state index is 0.192. The second-order valence-electron chi connectivity index (χ2n) is 2.55. The van der Waals surface area contributed by atoms with Gasteiger partial charge in [-0.3, -0.25) is 0 Å². The van der Waals surface area contributed by atoms with Crippen molar-refractivity contribution in [2.45, 2.75) is 13.0 Å². The summed E-state index contributed by atoms with van der Waals surface area (Å²) in [5.74, 6) is 1.67. The first kappa shape index (κ1) is 10.3. The lowest BCUT2D eigenvalue weighted by molar-refractivity contribution is 0.165. The summed E-state index contributed by atoms with van der Waals surface area (Å²) >= 11 is 1.83. The van der Waals surface area contributed by atoms with Crippen LogP contribution in [0.1, 0.15) is 6.92 Å². The molecule has 0 aromatic heterocycles. The predicted octanol–water partition coefficient (Wildman–Crippen LogP) is 0.959. The predicted molar refractivity (Wildman–Crippen MR) is 47.4 cm³/mol. The summed E-state index contributed by atoms with van der Waals surface area (Å²) in [5, 5.41) is 0. The molecule has 3 heteroatoms. The van der Waals surface area contributed by atoms with Crippen molar-refractivity contribution < 1.29 is 4.74 Å². The fourth-order valence-corrected chi connectivity index (χ4v) is 1.52. The van der Waals surface area contributed by atoms with E-state index in [0.717, 1.165) is 5.75 Å². The minimum atomic E-state index is 0.192. The van der Waals surface area contributed by atoms with E-state index in [1.165, 1.54) is 0 Å². The van der Waals surface area contributed by atoms with Gasteiger partial charge in [0.2, 0.25) is 0 Å². The van der Waals surface area contributed by atoms with Gasteiger partial charge in [0, 0.05) is 13.2 Å². The highest BCUT2D eigenvalue weighted by atomic mass is 32.2. The van der Waals surface area contributed by atoms with Crippen LogP contribution in [0.3, 0.4) is 0 Å². The third-order valence-electron chi connectivity index (χ3n) is 1.52. The maximum absolute atomic E-state index is 5.78. The highest BCUT2D eigenvalue weighted by Gasteiger charge is 2.10. The molecule has 0 spiro atoms. The quantitative estimate of drug-likeness (QED) is 0.655. The van der Waals surface area contributed by atoms with Gasteiger partial charge in [-0.2, -0.15) is 11.8 Å². The smallest absolute Gasteiger partial charge is 0.0616 e. The maximum atomic E-state index is 5.78. The molecule has 0 radical (unpaired) electrons. The summed E-state index contributed by atoms with van der Waals surface area (Å²) in [5.41, 5.74) is 5.78. The molecule has 0 amide bonds. The SMILES string of the molecule is COCC(N)C(C)CSC. The van der Waals surface area contributed by atoms with Crippen molar-refractivity contribution >= 4 is 11.8 Å². The van der Waals surface area contributed by atoms with E-state index in [4.69, 9.17) is 10.5 Å². The molecule has 2 unspecified atom stereocenters. The molecule has 0 aliphatic carbocycles. The number of methoxy groups -OCH3 is 1. The summed E-state index contributed by atoms with van der Waals surface area (Å²) in [6, 6.07) is 0.192. The molecule has 0 aliphatic rings. The largest absolute Gasteiger partial charge is 0.383 e. The van der Waals surface area contributed by atoms with E-state index in [2.05, 4.69) is 13.2 Å². The third-order valence-corrected chi connectivity index (χ3v) is 2.38. The standard InChI is InChI=1S/C7H17NOS/c1-6(5-10-3)7(8)4-9-2/h6-7H,4-5,8H2,1-3H3. The van der Waals surface area contributed by atoms with Gasteiger partial charge in [0.15, 0.2) is 0 Å². The number of hydrogen-bond acceptors (Lipinski definition) is 3. The summed E-state index contributed by atoms with van der Waals surface area (Å²) in [6.45, 7) is 2.82. The molecule has 0 saturated heterocycles. The number of thioether (sulfide) groups is 1. The molecule has 0 aromatic carbocycles. The summed E-state index contributed by atoms with van der Waals surface area (Å²) in [7, 11) is 1.69. The van der Waals surface area contributed by atoms with Crippen LogP contribution >= 0.6 is 11.8 Å².